The standard InChI is InChI=1S/C23H27NO5/c1-6-7-18-9-11-20(21(13-18)27-5)28-14-22(25)29-17(4)23(26)24-19-10-8-15(2)12-16(19)3/h6-13,17H,14H2,1-5H3,(H,24,26)/b7-6+/t17-/m1/s1. The van der Waals surface area contributed by atoms with E-state index in [1.807, 2.05) is 57.2 Å². The minimum atomic E-state index is -0.953. The topological polar surface area (TPSA) is 73.9 Å². The second-order valence-electron chi connectivity index (χ2n) is 6.64. The third kappa shape index (κ3) is 6.38. The Morgan fingerprint density at radius 2 is 1.86 bits per heavy atom. The molecule has 29 heavy (non-hydrogen) atoms. The second-order valence-corrected chi connectivity index (χ2v) is 6.64. The first-order valence-electron chi connectivity index (χ1n) is 9.35. The molecule has 2 aromatic carbocycles. The molecular weight excluding hydrogens is 370 g/mol. The van der Waals surface area contributed by atoms with Gasteiger partial charge in [0.1, 0.15) is 0 Å². The third-order valence-corrected chi connectivity index (χ3v) is 4.21. The number of carbonyl (C=O) groups excluding carboxylic acids is 2. The average molecular weight is 397 g/mol. The van der Waals surface area contributed by atoms with Crippen molar-refractivity contribution in [2.45, 2.75) is 33.8 Å². The molecule has 0 saturated carbocycles. The first-order chi connectivity index (χ1) is 13.8. The van der Waals surface area contributed by atoms with E-state index in [-0.39, 0.29) is 6.61 Å². The highest BCUT2D eigenvalue weighted by atomic mass is 16.6. The predicted molar refractivity (Wildman–Crippen MR) is 113 cm³/mol. The van der Waals surface area contributed by atoms with E-state index in [1.165, 1.54) is 14.0 Å². The van der Waals surface area contributed by atoms with Gasteiger partial charge in [-0.05, 0) is 57.0 Å². The van der Waals surface area contributed by atoms with Crippen LogP contribution in [0.15, 0.2) is 42.5 Å². The summed E-state index contributed by atoms with van der Waals surface area (Å²) in [6.45, 7) is 6.99. The van der Waals surface area contributed by atoms with Crippen LogP contribution in [0.4, 0.5) is 5.69 Å². The fourth-order valence-electron chi connectivity index (χ4n) is 2.71. The van der Waals surface area contributed by atoms with E-state index in [9.17, 15) is 9.59 Å². The maximum atomic E-state index is 12.3. The first kappa shape index (κ1) is 22.0. The molecule has 0 unspecified atom stereocenters. The average Bonchev–Trinajstić information content (AvgIpc) is 2.69. The van der Waals surface area contributed by atoms with Gasteiger partial charge >= 0.3 is 5.97 Å². The van der Waals surface area contributed by atoms with E-state index in [1.54, 1.807) is 12.1 Å². The normalized spacial score (nSPS) is 11.8. The maximum Gasteiger partial charge on any atom is 0.344 e. The highest BCUT2D eigenvalue weighted by Crippen LogP contribution is 2.28. The van der Waals surface area contributed by atoms with E-state index < -0.39 is 18.0 Å². The Morgan fingerprint density at radius 1 is 1.10 bits per heavy atom. The van der Waals surface area contributed by atoms with Crippen LogP contribution in [0.1, 0.15) is 30.5 Å². The van der Waals surface area contributed by atoms with Gasteiger partial charge in [0.25, 0.3) is 5.91 Å². The number of ether oxygens (including phenoxy) is 3. The van der Waals surface area contributed by atoms with Gasteiger partial charge in [-0.25, -0.2) is 4.79 Å². The Morgan fingerprint density at radius 3 is 2.52 bits per heavy atom. The Labute approximate surface area is 171 Å². The van der Waals surface area contributed by atoms with E-state index in [4.69, 9.17) is 14.2 Å². The summed E-state index contributed by atoms with van der Waals surface area (Å²) < 4.78 is 16.0. The van der Waals surface area contributed by atoms with Crippen molar-refractivity contribution in [1.29, 1.82) is 0 Å². The zero-order chi connectivity index (χ0) is 21.4. The van der Waals surface area contributed by atoms with Gasteiger partial charge in [0.15, 0.2) is 24.2 Å². The largest absolute Gasteiger partial charge is 0.493 e. The SMILES string of the molecule is C/C=C/c1ccc(OCC(=O)O[C@H](C)C(=O)Nc2ccc(C)cc2C)c(OC)c1. The molecule has 0 aliphatic heterocycles. The minimum Gasteiger partial charge on any atom is -0.493 e. The number of aryl methyl sites for hydroxylation is 2. The fraction of sp³-hybridized carbons (Fsp3) is 0.304. The molecule has 0 aromatic heterocycles. The molecule has 0 aliphatic carbocycles. The lowest BCUT2D eigenvalue weighted by atomic mass is 10.1. The number of hydrogen-bond donors (Lipinski definition) is 1. The molecule has 0 heterocycles. The zero-order valence-electron chi connectivity index (χ0n) is 17.4. The van der Waals surface area contributed by atoms with Crippen molar-refractivity contribution in [1.82, 2.24) is 0 Å². The molecule has 0 aliphatic rings. The molecule has 6 heteroatoms. The Hall–Kier alpha value is -3.28. The quantitative estimate of drug-likeness (QED) is 0.673. The summed E-state index contributed by atoms with van der Waals surface area (Å²) in [4.78, 5) is 24.4. The molecule has 0 radical (unpaired) electrons. The lowest BCUT2D eigenvalue weighted by molar-refractivity contribution is -0.155. The van der Waals surface area contributed by atoms with Gasteiger partial charge in [-0.15, -0.1) is 0 Å². The van der Waals surface area contributed by atoms with Gasteiger partial charge in [-0.3, -0.25) is 4.79 Å². The Kier molecular flexibility index (Phi) is 7.83. The molecular formula is C23H27NO5. The lowest BCUT2D eigenvalue weighted by Crippen LogP contribution is -2.31. The van der Waals surface area contributed by atoms with Crippen LogP contribution in [0.2, 0.25) is 0 Å². The molecule has 6 nitrogen and oxygen atoms in total. The highest BCUT2D eigenvalue weighted by Gasteiger charge is 2.19. The number of rotatable bonds is 8. The van der Waals surface area contributed by atoms with Crippen molar-refractivity contribution in [3.8, 4) is 11.5 Å². The third-order valence-electron chi connectivity index (χ3n) is 4.21. The van der Waals surface area contributed by atoms with Crippen molar-refractivity contribution in [2.75, 3.05) is 19.0 Å². The molecule has 0 saturated heterocycles. The highest BCUT2D eigenvalue weighted by molar-refractivity contribution is 5.95. The van der Waals surface area contributed by atoms with Crippen LogP contribution in [0, 0.1) is 13.8 Å². The first-order valence-corrected chi connectivity index (χ1v) is 9.35. The van der Waals surface area contributed by atoms with Crippen molar-refractivity contribution in [2.24, 2.45) is 0 Å². The number of hydrogen-bond acceptors (Lipinski definition) is 5. The van der Waals surface area contributed by atoms with Crippen LogP contribution in [-0.2, 0) is 14.3 Å². The van der Waals surface area contributed by atoms with Gasteiger partial charge in [0.05, 0.1) is 7.11 Å². The van der Waals surface area contributed by atoms with E-state index in [0.717, 1.165) is 16.7 Å². The van der Waals surface area contributed by atoms with Gasteiger partial charge in [-0.1, -0.05) is 35.9 Å². The van der Waals surface area contributed by atoms with Crippen molar-refractivity contribution in [3.63, 3.8) is 0 Å². The molecule has 1 atom stereocenters. The van der Waals surface area contributed by atoms with Gasteiger partial charge in [0, 0.05) is 5.69 Å². The summed E-state index contributed by atoms with van der Waals surface area (Å²) in [5, 5.41) is 2.77. The number of benzene rings is 2. The van der Waals surface area contributed by atoms with Crippen molar-refractivity contribution >= 4 is 23.6 Å². The van der Waals surface area contributed by atoms with Gasteiger partial charge in [-0.2, -0.15) is 0 Å². The summed E-state index contributed by atoms with van der Waals surface area (Å²) in [6, 6.07) is 11.1. The second kappa shape index (κ2) is 10.3. The number of amides is 1. The van der Waals surface area contributed by atoms with Crippen LogP contribution < -0.4 is 14.8 Å². The number of methoxy groups -OCH3 is 1. The van der Waals surface area contributed by atoms with Crippen molar-refractivity contribution < 1.29 is 23.8 Å². The molecule has 2 rings (SSSR count). The van der Waals surface area contributed by atoms with E-state index >= 15 is 0 Å². The van der Waals surface area contributed by atoms with Crippen LogP contribution in [0.5, 0.6) is 11.5 Å². The van der Waals surface area contributed by atoms with Crippen molar-refractivity contribution in [3.05, 3.63) is 59.2 Å². The van der Waals surface area contributed by atoms with Crippen LogP contribution in [0.3, 0.4) is 0 Å². The van der Waals surface area contributed by atoms with Crippen LogP contribution in [-0.4, -0.2) is 31.7 Å². The molecule has 154 valence electrons. The summed E-state index contributed by atoms with van der Waals surface area (Å²) in [6.07, 6.45) is 2.89. The van der Waals surface area contributed by atoms with E-state index in [0.29, 0.717) is 17.2 Å². The zero-order valence-corrected chi connectivity index (χ0v) is 17.4. The fourth-order valence-corrected chi connectivity index (χ4v) is 2.71. The molecule has 0 bridgehead atoms. The maximum absolute atomic E-state index is 12.3. The van der Waals surface area contributed by atoms with Gasteiger partial charge in [0.2, 0.25) is 0 Å². The number of anilines is 1. The number of nitrogens with one attached hydrogen (secondary N) is 1. The summed E-state index contributed by atoms with van der Waals surface area (Å²) in [7, 11) is 1.53. The smallest absolute Gasteiger partial charge is 0.344 e. The number of allylic oxidation sites excluding steroid dienone is 1. The van der Waals surface area contributed by atoms with Crippen LogP contribution >= 0.6 is 0 Å². The van der Waals surface area contributed by atoms with E-state index in [2.05, 4.69) is 5.32 Å². The minimum absolute atomic E-state index is 0.333. The monoisotopic (exact) mass is 397 g/mol. The molecule has 1 amide bonds. The lowest BCUT2D eigenvalue weighted by Gasteiger charge is -2.16. The Bertz CT molecular complexity index is 904. The molecule has 2 aromatic rings. The van der Waals surface area contributed by atoms with Crippen LogP contribution in [0.25, 0.3) is 6.08 Å². The Balaban J connectivity index is 1.90. The predicted octanol–water partition coefficient (Wildman–Crippen LogP) is 4.29. The molecule has 1 N–H and O–H groups in total. The number of esters is 1. The molecule has 0 fully saturated rings. The summed E-state index contributed by atoms with van der Waals surface area (Å²) in [5.74, 6) is -0.120. The summed E-state index contributed by atoms with van der Waals surface area (Å²) >= 11 is 0. The molecule has 0 spiro atoms. The number of carbonyl (C=O) groups is 2. The van der Waals surface area contributed by atoms with Gasteiger partial charge < -0.3 is 19.5 Å². The summed E-state index contributed by atoms with van der Waals surface area (Å²) in [5.41, 5.74) is 3.68.